The van der Waals surface area contributed by atoms with Crippen molar-refractivity contribution >= 4 is 0 Å². The van der Waals surface area contributed by atoms with Gasteiger partial charge < -0.3 is 5.32 Å². The highest BCUT2D eigenvalue weighted by molar-refractivity contribution is 4.87. The first-order valence-electron chi connectivity index (χ1n) is 8.52. The van der Waals surface area contributed by atoms with E-state index in [0.29, 0.717) is 6.04 Å². The van der Waals surface area contributed by atoms with Crippen molar-refractivity contribution < 1.29 is 0 Å². The molecule has 1 fully saturated rings. The van der Waals surface area contributed by atoms with Crippen molar-refractivity contribution in [3.63, 3.8) is 0 Å². The zero-order valence-electron chi connectivity index (χ0n) is 13.9. The van der Waals surface area contributed by atoms with Gasteiger partial charge in [0.15, 0.2) is 0 Å². The van der Waals surface area contributed by atoms with Crippen LogP contribution in [0.5, 0.6) is 0 Å². The largest absolute Gasteiger partial charge is 0.313 e. The Bertz CT molecular complexity index is 215. The van der Waals surface area contributed by atoms with Gasteiger partial charge in [-0.3, -0.25) is 4.90 Å². The van der Waals surface area contributed by atoms with E-state index in [9.17, 15) is 0 Å². The van der Waals surface area contributed by atoms with Gasteiger partial charge in [0, 0.05) is 25.2 Å². The summed E-state index contributed by atoms with van der Waals surface area (Å²) in [6.07, 6.45) is 7.00. The minimum absolute atomic E-state index is 0.713. The first-order valence-corrected chi connectivity index (χ1v) is 8.52. The van der Waals surface area contributed by atoms with Gasteiger partial charge in [-0.15, -0.1) is 0 Å². The maximum atomic E-state index is 3.76. The van der Waals surface area contributed by atoms with Crippen LogP contribution in [0.1, 0.15) is 66.7 Å². The molecule has 19 heavy (non-hydrogen) atoms. The van der Waals surface area contributed by atoms with Crippen LogP contribution in [-0.2, 0) is 0 Å². The first-order chi connectivity index (χ1) is 9.04. The van der Waals surface area contributed by atoms with E-state index < -0.39 is 0 Å². The second-order valence-electron chi connectivity index (χ2n) is 7.11. The summed E-state index contributed by atoms with van der Waals surface area (Å²) in [4.78, 5) is 2.79. The van der Waals surface area contributed by atoms with Crippen molar-refractivity contribution in [1.29, 1.82) is 0 Å². The van der Waals surface area contributed by atoms with E-state index in [-0.39, 0.29) is 0 Å². The molecule has 1 aliphatic rings. The Hall–Kier alpha value is -0.0800. The molecule has 1 saturated carbocycles. The standard InChI is InChI=1S/C17H36N2/c1-6-18-16-10-8-7-9-11-17(16)19(12-14(2)3)13-15(4)5/h14-18H,6-13H2,1-5H3. The summed E-state index contributed by atoms with van der Waals surface area (Å²) >= 11 is 0. The van der Waals surface area contributed by atoms with Gasteiger partial charge in [-0.05, 0) is 31.2 Å². The Morgan fingerprint density at radius 1 is 0.947 bits per heavy atom. The topological polar surface area (TPSA) is 15.3 Å². The van der Waals surface area contributed by atoms with Crippen molar-refractivity contribution in [1.82, 2.24) is 10.2 Å². The molecule has 0 heterocycles. The zero-order chi connectivity index (χ0) is 14.3. The molecule has 2 atom stereocenters. The molecule has 1 rings (SSSR count). The van der Waals surface area contributed by atoms with Gasteiger partial charge in [-0.1, -0.05) is 53.9 Å². The number of hydrogen-bond donors (Lipinski definition) is 1. The lowest BCUT2D eigenvalue weighted by atomic mass is 9.98. The number of rotatable bonds is 7. The molecule has 2 nitrogen and oxygen atoms in total. The molecular formula is C17H36N2. The SMILES string of the molecule is CCNC1CCCCCC1N(CC(C)C)CC(C)C. The van der Waals surface area contributed by atoms with Gasteiger partial charge in [-0.2, -0.15) is 0 Å². The lowest BCUT2D eigenvalue weighted by Crippen LogP contribution is -2.51. The molecule has 1 N–H and O–H groups in total. The fourth-order valence-corrected chi connectivity index (χ4v) is 3.51. The molecule has 0 aromatic heterocycles. The molecule has 0 saturated heterocycles. The van der Waals surface area contributed by atoms with E-state index in [1.165, 1.54) is 45.2 Å². The maximum absolute atomic E-state index is 3.76. The van der Waals surface area contributed by atoms with E-state index in [1.54, 1.807) is 0 Å². The smallest absolute Gasteiger partial charge is 0.0249 e. The first kappa shape index (κ1) is 17.0. The lowest BCUT2D eigenvalue weighted by molar-refractivity contribution is 0.119. The van der Waals surface area contributed by atoms with E-state index in [2.05, 4.69) is 44.8 Å². The average molecular weight is 268 g/mol. The Kier molecular flexibility index (Phi) is 8.01. The van der Waals surface area contributed by atoms with Gasteiger partial charge in [0.2, 0.25) is 0 Å². The summed E-state index contributed by atoms with van der Waals surface area (Å²) in [6.45, 7) is 15.3. The molecule has 0 radical (unpaired) electrons. The highest BCUT2D eigenvalue weighted by atomic mass is 15.2. The number of nitrogens with one attached hydrogen (secondary N) is 1. The fraction of sp³-hybridized carbons (Fsp3) is 1.00. The highest BCUT2D eigenvalue weighted by Gasteiger charge is 2.28. The van der Waals surface area contributed by atoms with Gasteiger partial charge in [0.05, 0.1) is 0 Å². The van der Waals surface area contributed by atoms with Crippen LogP contribution in [0.4, 0.5) is 0 Å². The molecule has 0 aliphatic heterocycles. The molecule has 2 unspecified atom stereocenters. The predicted molar refractivity (Wildman–Crippen MR) is 85.6 cm³/mol. The van der Waals surface area contributed by atoms with Crippen LogP contribution in [0.15, 0.2) is 0 Å². The van der Waals surface area contributed by atoms with Crippen LogP contribution in [0.25, 0.3) is 0 Å². The summed E-state index contributed by atoms with van der Waals surface area (Å²) < 4.78 is 0. The third-order valence-corrected chi connectivity index (χ3v) is 4.11. The average Bonchev–Trinajstić information content (AvgIpc) is 2.53. The quantitative estimate of drug-likeness (QED) is 0.704. The molecule has 114 valence electrons. The third-order valence-electron chi connectivity index (χ3n) is 4.11. The van der Waals surface area contributed by atoms with Gasteiger partial charge >= 0.3 is 0 Å². The van der Waals surface area contributed by atoms with E-state index >= 15 is 0 Å². The van der Waals surface area contributed by atoms with Crippen LogP contribution in [0.3, 0.4) is 0 Å². The number of hydrogen-bond acceptors (Lipinski definition) is 2. The van der Waals surface area contributed by atoms with Gasteiger partial charge in [-0.25, -0.2) is 0 Å². The van der Waals surface area contributed by atoms with Crippen LogP contribution in [0, 0.1) is 11.8 Å². The molecule has 0 aromatic rings. The summed E-state index contributed by atoms with van der Waals surface area (Å²) in [5.41, 5.74) is 0. The summed E-state index contributed by atoms with van der Waals surface area (Å²) in [6, 6.07) is 1.47. The van der Waals surface area contributed by atoms with Crippen LogP contribution in [-0.4, -0.2) is 36.6 Å². The predicted octanol–water partition coefficient (Wildman–Crippen LogP) is 3.91. The summed E-state index contributed by atoms with van der Waals surface area (Å²) in [5.74, 6) is 1.54. The minimum Gasteiger partial charge on any atom is -0.313 e. The highest BCUT2D eigenvalue weighted by Crippen LogP contribution is 2.24. The Morgan fingerprint density at radius 3 is 2.05 bits per heavy atom. The Labute approximate surface area is 121 Å². The Balaban J connectivity index is 2.74. The zero-order valence-corrected chi connectivity index (χ0v) is 13.9. The molecular weight excluding hydrogens is 232 g/mol. The summed E-state index contributed by atoms with van der Waals surface area (Å²) in [7, 11) is 0. The second kappa shape index (κ2) is 8.97. The van der Waals surface area contributed by atoms with Crippen LogP contribution in [0.2, 0.25) is 0 Å². The third kappa shape index (κ3) is 6.27. The molecule has 1 aliphatic carbocycles. The van der Waals surface area contributed by atoms with Crippen molar-refractivity contribution in [2.45, 2.75) is 78.8 Å². The van der Waals surface area contributed by atoms with Gasteiger partial charge in [0.1, 0.15) is 0 Å². The van der Waals surface area contributed by atoms with Crippen molar-refractivity contribution in [3.8, 4) is 0 Å². The molecule has 2 heteroatoms. The van der Waals surface area contributed by atoms with Crippen molar-refractivity contribution in [3.05, 3.63) is 0 Å². The normalized spacial score (nSPS) is 25.3. The summed E-state index contributed by atoms with van der Waals surface area (Å²) in [5, 5.41) is 3.76. The van der Waals surface area contributed by atoms with Crippen molar-refractivity contribution in [2.24, 2.45) is 11.8 Å². The minimum atomic E-state index is 0.713. The molecule has 0 spiro atoms. The number of nitrogens with zero attached hydrogens (tertiary/aromatic N) is 1. The van der Waals surface area contributed by atoms with E-state index in [4.69, 9.17) is 0 Å². The van der Waals surface area contributed by atoms with E-state index in [0.717, 1.165) is 24.4 Å². The monoisotopic (exact) mass is 268 g/mol. The van der Waals surface area contributed by atoms with Gasteiger partial charge in [0.25, 0.3) is 0 Å². The van der Waals surface area contributed by atoms with Crippen LogP contribution >= 0.6 is 0 Å². The lowest BCUT2D eigenvalue weighted by Gasteiger charge is -2.38. The maximum Gasteiger partial charge on any atom is 0.0249 e. The molecule has 0 aromatic carbocycles. The van der Waals surface area contributed by atoms with E-state index in [1.807, 2.05) is 0 Å². The molecule has 0 bridgehead atoms. The van der Waals surface area contributed by atoms with Crippen LogP contribution < -0.4 is 5.32 Å². The Morgan fingerprint density at radius 2 is 1.53 bits per heavy atom. The second-order valence-corrected chi connectivity index (χ2v) is 7.11. The number of likely N-dealkylation sites (N-methyl/N-ethyl adjacent to an activating group) is 1. The van der Waals surface area contributed by atoms with Crippen molar-refractivity contribution in [2.75, 3.05) is 19.6 Å². The molecule has 0 amide bonds. The fourth-order valence-electron chi connectivity index (χ4n) is 3.51.